The van der Waals surface area contributed by atoms with Crippen LogP contribution >= 0.6 is 27.3 Å². The number of benzene rings is 1. The van der Waals surface area contributed by atoms with Crippen molar-refractivity contribution < 1.29 is 9.90 Å². The number of halogens is 1. The monoisotopic (exact) mass is 340 g/mol. The number of nitrogens with zero attached hydrogens (tertiary/aromatic N) is 1. The van der Waals surface area contributed by atoms with E-state index in [-0.39, 0.29) is 5.56 Å². The summed E-state index contributed by atoms with van der Waals surface area (Å²) in [4.78, 5) is 15.5. The largest absolute Gasteiger partial charge is 0.478 e. The summed E-state index contributed by atoms with van der Waals surface area (Å²) in [6.45, 7) is 2.62. The summed E-state index contributed by atoms with van der Waals surface area (Å²) in [5, 5.41) is 15.3. The van der Waals surface area contributed by atoms with E-state index in [4.69, 9.17) is 5.11 Å². The molecular weight excluding hydrogens is 328 g/mol. The van der Waals surface area contributed by atoms with Gasteiger partial charge < -0.3 is 10.4 Å². The third kappa shape index (κ3) is 3.78. The van der Waals surface area contributed by atoms with Gasteiger partial charge in [-0.15, -0.1) is 11.3 Å². The molecule has 1 heterocycles. The molecule has 0 spiro atoms. The summed E-state index contributed by atoms with van der Waals surface area (Å²) in [5.74, 6) is -0.930. The topological polar surface area (TPSA) is 62.2 Å². The second kappa shape index (κ2) is 6.16. The molecule has 0 aliphatic heterocycles. The summed E-state index contributed by atoms with van der Waals surface area (Å²) in [7, 11) is 0. The van der Waals surface area contributed by atoms with E-state index >= 15 is 0 Å². The number of aryl methyl sites for hydroxylation is 1. The molecular formula is C13H13BrN2O2S. The number of aromatic nitrogens is 1. The van der Waals surface area contributed by atoms with Crippen LogP contribution in [0.5, 0.6) is 0 Å². The number of hydrogen-bond acceptors (Lipinski definition) is 4. The van der Waals surface area contributed by atoms with Crippen LogP contribution in [0.2, 0.25) is 0 Å². The molecule has 0 atom stereocenters. The highest BCUT2D eigenvalue weighted by atomic mass is 79.9. The van der Waals surface area contributed by atoms with Crippen LogP contribution in [0.3, 0.4) is 0 Å². The van der Waals surface area contributed by atoms with Gasteiger partial charge in [0, 0.05) is 34.2 Å². The Hall–Kier alpha value is -1.40. The minimum atomic E-state index is -0.930. The Kier molecular flexibility index (Phi) is 4.55. The molecule has 2 aromatic rings. The molecule has 19 heavy (non-hydrogen) atoms. The Balaban J connectivity index is 2.02. The fraction of sp³-hybridized carbons (Fsp3) is 0.231. The van der Waals surface area contributed by atoms with Gasteiger partial charge in [-0.05, 0) is 25.1 Å². The Morgan fingerprint density at radius 2 is 2.32 bits per heavy atom. The molecule has 0 saturated carbocycles. The van der Waals surface area contributed by atoms with E-state index in [0.717, 1.165) is 21.6 Å². The van der Waals surface area contributed by atoms with Crippen LogP contribution in [0.25, 0.3) is 0 Å². The van der Waals surface area contributed by atoms with Gasteiger partial charge in [0.25, 0.3) is 0 Å². The Labute approximate surface area is 123 Å². The van der Waals surface area contributed by atoms with Crippen LogP contribution in [-0.2, 0) is 6.42 Å². The number of anilines is 1. The smallest absolute Gasteiger partial charge is 0.337 e. The summed E-state index contributed by atoms with van der Waals surface area (Å²) in [5.41, 5.74) is 1.92. The van der Waals surface area contributed by atoms with Gasteiger partial charge in [0.2, 0.25) is 0 Å². The van der Waals surface area contributed by atoms with Crippen molar-refractivity contribution in [2.24, 2.45) is 0 Å². The molecule has 6 heteroatoms. The quantitative estimate of drug-likeness (QED) is 0.873. The SMILES string of the molecule is Cc1csc(CCNc2cc(Br)ccc2C(=O)O)n1. The fourth-order valence-electron chi connectivity index (χ4n) is 1.67. The van der Waals surface area contributed by atoms with Crippen LogP contribution in [-0.4, -0.2) is 22.6 Å². The normalized spacial score (nSPS) is 10.4. The average Bonchev–Trinajstić information content (AvgIpc) is 2.75. The molecule has 100 valence electrons. The molecule has 1 aromatic carbocycles. The maximum Gasteiger partial charge on any atom is 0.337 e. The summed E-state index contributed by atoms with van der Waals surface area (Å²) >= 11 is 4.96. The molecule has 0 aliphatic rings. The van der Waals surface area contributed by atoms with E-state index in [1.165, 1.54) is 0 Å². The Bertz CT molecular complexity index is 598. The van der Waals surface area contributed by atoms with Gasteiger partial charge in [0.05, 0.1) is 10.6 Å². The van der Waals surface area contributed by atoms with Gasteiger partial charge in [-0.2, -0.15) is 0 Å². The Morgan fingerprint density at radius 3 is 2.95 bits per heavy atom. The lowest BCUT2D eigenvalue weighted by molar-refractivity contribution is 0.0698. The minimum Gasteiger partial charge on any atom is -0.478 e. The van der Waals surface area contributed by atoms with Crippen molar-refractivity contribution in [1.29, 1.82) is 0 Å². The van der Waals surface area contributed by atoms with Crippen LogP contribution in [0.4, 0.5) is 5.69 Å². The molecule has 0 amide bonds. The summed E-state index contributed by atoms with van der Waals surface area (Å²) < 4.78 is 0.852. The van der Waals surface area contributed by atoms with Gasteiger partial charge in [-0.25, -0.2) is 9.78 Å². The standard InChI is InChI=1S/C13H13BrN2O2S/c1-8-7-19-12(16-8)4-5-15-11-6-9(14)2-3-10(11)13(17)18/h2-3,6-7,15H,4-5H2,1H3,(H,17,18). The van der Waals surface area contributed by atoms with Crippen molar-refractivity contribution in [3.8, 4) is 0 Å². The van der Waals surface area contributed by atoms with Crippen LogP contribution in [0, 0.1) is 6.92 Å². The highest BCUT2D eigenvalue weighted by Crippen LogP contribution is 2.21. The first-order chi connectivity index (χ1) is 9.06. The predicted octanol–water partition coefficient (Wildman–Crippen LogP) is 3.57. The third-order valence-corrected chi connectivity index (χ3v) is 4.05. The van der Waals surface area contributed by atoms with E-state index in [0.29, 0.717) is 12.2 Å². The van der Waals surface area contributed by atoms with Crippen molar-refractivity contribution in [3.63, 3.8) is 0 Å². The van der Waals surface area contributed by atoms with Gasteiger partial charge >= 0.3 is 5.97 Å². The maximum atomic E-state index is 11.1. The lowest BCUT2D eigenvalue weighted by Crippen LogP contribution is -2.09. The summed E-state index contributed by atoms with van der Waals surface area (Å²) in [6, 6.07) is 5.08. The lowest BCUT2D eigenvalue weighted by Gasteiger charge is -2.09. The number of carboxylic acid groups (broad SMARTS) is 1. The van der Waals surface area contributed by atoms with Crippen molar-refractivity contribution in [2.75, 3.05) is 11.9 Å². The van der Waals surface area contributed by atoms with Crippen molar-refractivity contribution in [2.45, 2.75) is 13.3 Å². The van der Waals surface area contributed by atoms with Gasteiger partial charge in [-0.1, -0.05) is 15.9 Å². The van der Waals surface area contributed by atoms with Crippen molar-refractivity contribution in [3.05, 3.63) is 44.3 Å². The highest BCUT2D eigenvalue weighted by molar-refractivity contribution is 9.10. The second-order valence-corrected chi connectivity index (χ2v) is 5.91. The van der Waals surface area contributed by atoms with Crippen LogP contribution in [0.1, 0.15) is 21.1 Å². The first kappa shape index (κ1) is 14.0. The zero-order valence-corrected chi connectivity index (χ0v) is 12.7. The summed E-state index contributed by atoms with van der Waals surface area (Å²) in [6.07, 6.45) is 0.782. The zero-order valence-electron chi connectivity index (χ0n) is 10.3. The van der Waals surface area contributed by atoms with E-state index < -0.39 is 5.97 Å². The number of carbonyl (C=O) groups is 1. The first-order valence-electron chi connectivity index (χ1n) is 5.74. The molecule has 1 aromatic heterocycles. The van der Waals surface area contributed by atoms with Crippen molar-refractivity contribution >= 4 is 38.9 Å². The predicted molar refractivity (Wildman–Crippen MR) is 80.1 cm³/mol. The minimum absolute atomic E-state index is 0.276. The molecule has 0 radical (unpaired) electrons. The average molecular weight is 341 g/mol. The number of rotatable bonds is 5. The molecule has 0 aliphatic carbocycles. The van der Waals surface area contributed by atoms with Gasteiger partial charge in [-0.3, -0.25) is 0 Å². The number of carboxylic acids is 1. The molecule has 2 rings (SSSR count). The molecule has 0 bridgehead atoms. The molecule has 4 nitrogen and oxygen atoms in total. The van der Waals surface area contributed by atoms with E-state index in [2.05, 4.69) is 26.2 Å². The van der Waals surface area contributed by atoms with Crippen molar-refractivity contribution in [1.82, 2.24) is 4.98 Å². The van der Waals surface area contributed by atoms with Crippen LogP contribution in [0.15, 0.2) is 28.1 Å². The molecule has 0 unspecified atom stereocenters. The molecule has 0 saturated heterocycles. The van der Waals surface area contributed by atoms with Crippen LogP contribution < -0.4 is 5.32 Å². The Morgan fingerprint density at radius 1 is 1.53 bits per heavy atom. The van der Waals surface area contributed by atoms with E-state index in [1.807, 2.05) is 12.3 Å². The number of thiazole rings is 1. The van der Waals surface area contributed by atoms with Gasteiger partial charge in [0.1, 0.15) is 0 Å². The first-order valence-corrected chi connectivity index (χ1v) is 7.41. The number of aromatic carboxylic acids is 1. The second-order valence-electron chi connectivity index (χ2n) is 4.05. The zero-order chi connectivity index (χ0) is 13.8. The molecule has 2 N–H and O–H groups in total. The lowest BCUT2D eigenvalue weighted by atomic mass is 10.2. The van der Waals surface area contributed by atoms with E-state index in [1.54, 1.807) is 29.5 Å². The fourth-order valence-corrected chi connectivity index (χ4v) is 2.81. The number of nitrogens with one attached hydrogen (secondary N) is 1. The van der Waals surface area contributed by atoms with Gasteiger partial charge in [0.15, 0.2) is 0 Å². The molecule has 0 fully saturated rings. The highest BCUT2D eigenvalue weighted by Gasteiger charge is 2.10. The number of hydrogen-bond donors (Lipinski definition) is 2. The third-order valence-electron chi connectivity index (χ3n) is 2.53. The maximum absolute atomic E-state index is 11.1. The van der Waals surface area contributed by atoms with E-state index in [9.17, 15) is 4.79 Å².